The molecule has 0 aliphatic heterocycles. The number of methoxy groups -OCH3 is 2. The summed E-state index contributed by atoms with van der Waals surface area (Å²) in [6, 6.07) is 14.8. The van der Waals surface area contributed by atoms with Gasteiger partial charge in [-0.3, -0.25) is 9.59 Å². The number of Topliss-reactive ketones (excluding diaryl/α,β-unsaturated/α-hetero) is 1. The monoisotopic (exact) mass is 442 g/mol. The molecular formula is C23H23ClN2O5. The summed E-state index contributed by atoms with van der Waals surface area (Å²) in [5, 5.41) is 4.64. The minimum absolute atomic E-state index is 0.0418. The molecule has 0 saturated heterocycles. The van der Waals surface area contributed by atoms with Gasteiger partial charge in [-0.05, 0) is 41.8 Å². The van der Waals surface area contributed by atoms with E-state index in [1.54, 1.807) is 19.2 Å². The summed E-state index contributed by atoms with van der Waals surface area (Å²) in [4.78, 5) is 28.6. The largest absolute Gasteiger partial charge is 0.497 e. The summed E-state index contributed by atoms with van der Waals surface area (Å²) in [5.74, 6) is 0.564. The zero-order chi connectivity index (χ0) is 22.2. The summed E-state index contributed by atoms with van der Waals surface area (Å²) >= 11 is 5.92. The summed E-state index contributed by atoms with van der Waals surface area (Å²) in [5.41, 5.74) is 1.89. The molecule has 31 heavy (non-hydrogen) atoms. The van der Waals surface area contributed by atoms with Crippen molar-refractivity contribution >= 4 is 23.4 Å². The standard InChI is InChI=1S/C23H23ClN2O5/c1-29-20-9-5-15(6-10-20)11-17(23-25-21(31-26-23)14-22(28)30-2)13-19(27)12-16-3-7-18(24)8-4-16/h3-10,17H,11-14H2,1-2H3/t17-/m1/s1. The van der Waals surface area contributed by atoms with Crippen molar-refractivity contribution in [1.82, 2.24) is 10.1 Å². The highest BCUT2D eigenvalue weighted by Crippen LogP contribution is 2.25. The van der Waals surface area contributed by atoms with Gasteiger partial charge in [0.05, 0.1) is 14.2 Å². The van der Waals surface area contributed by atoms with Crippen molar-refractivity contribution in [2.45, 2.75) is 31.6 Å². The highest BCUT2D eigenvalue weighted by molar-refractivity contribution is 6.30. The van der Waals surface area contributed by atoms with Gasteiger partial charge in [-0.25, -0.2) is 0 Å². The summed E-state index contributed by atoms with van der Waals surface area (Å²) in [7, 11) is 2.90. The first-order valence-corrected chi connectivity index (χ1v) is 10.1. The van der Waals surface area contributed by atoms with Crippen LogP contribution in [0.5, 0.6) is 5.75 Å². The molecule has 0 unspecified atom stereocenters. The topological polar surface area (TPSA) is 91.5 Å². The Kier molecular flexibility index (Phi) is 7.78. The number of esters is 1. The molecule has 7 nitrogen and oxygen atoms in total. The Hall–Kier alpha value is -3.19. The number of hydrogen-bond donors (Lipinski definition) is 0. The Morgan fingerprint density at radius 3 is 2.32 bits per heavy atom. The van der Waals surface area contributed by atoms with Gasteiger partial charge in [0, 0.05) is 23.8 Å². The molecule has 0 bridgehead atoms. The molecule has 0 aliphatic carbocycles. The highest BCUT2D eigenvalue weighted by atomic mass is 35.5. The Morgan fingerprint density at radius 2 is 1.68 bits per heavy atom. The van der Waals surface area contributed by atoms with E-state index in [0.29, 0.717) is 17.3 Å². The number of hydrogen-bond acceptors (Lipinski definition) is 7. The Morgan fingerprint density at radius 1 is 1.00 bits per heavy atom. The number of aromatic nitrogens is 2. The maximum absolute atomic E-state index is 12.8. The maximum Gasteiger partial charge on any atom is 0.315 e. The van der Waals surface area contributed by atoms with Gasteiger partial charge in [-0.15, -0.1) is 0 Å². The first kappa shape index (κ1) is 22.5. The average Bonchev–Trinajstić information content (AvgIpc) is 3.23. The first-order chi connectivity index (χ1) is 15.0. The molecule has 3 rings (SSSR count). The predicted octanol–water partition coefficient (Wildman–Crippen LogP) is 3.98. The third-order valence-corrected chi connectivity index (χ3v) is 5.05. The SMILES string of the molecule is COC(=O)Cc1nc([C@@H](CC(=O)Cc2ccc(Cl)cc2)Cc2ccc(OC)cc2)no1. The van der Waals surface area contributed by atoms with Gasteiger partial charge in [-0.1, -0.05) is 41.0 Å². The van der Waals surface area contributed by atoms with Crippen LogP contribution in [0.1, 0.15) is 35.2 Å². The second-order valence-electron chi connectivity index (χ2n) is 7.09. The molecule has 1 aromatic heterocycles. The van der Waals surface area contributed by atoms with Crippen LogP contribution < -0.4 is 4.74 Å². The fraction of sp³-hybridized carbons (Fsp3) is 0.304. The number of carbonyl (C=O) groups is 2. The van der Waals surface area contributed by atoms with Gasteiger partial charge in [-0.2, -0.15) is 4.98 Å². The van der Waals surface area contributed by atoms with E-state index < -0.39 is 5.97 Å². The second-order valence-corrected chi connectivity index (χ2v) is 7.53. The Labute approximate surface area is 185 Å². The lowest BCUT2D eigenvalue weighted by Crippen LogP contribution is -2.13. The van der Waals surface area contributed by atoms with Gasteiger partial charge in [0.15, 0.2) is 5.82 Å². The maximum atomic E-state index is 12.8. The van der Waals surface area contributed by atoms with E-state index in [1.807, 2.05) is 36.4 Å². The molecule has 1 heterocycles. The number of benzene rings is 2. The van der Waals surface area contributed by atoms with Gasteiger partial charge < -0.3 is 14.0 Å². The van der Waals surface area contributed by atoms with Gasteiger partial charge in [0.2, 0.25) is 5.89 Å². The van der Waals surface area contributed by atoms with Crippen LogP contribution in [0.25, 0.3) is 0 Å². The number of ether oxygens (including phenoxy) is 2. The molecular weight excluding hydrogens is 420 g/mol. The van der Waals surface area contributed by atoms with Crippen LogP contribution in [-0.2, 0) is 33.6 Å². The molecule has 1 atom stereocenters. The van der Waals surface area contributed by atoms with E-state index in [2.05, 4.69) is 14.9 Å². The van der Waals surface area contributed by atoms with E-state index in [0.717, 1.165) is 16.9 Å². The molecule has 2 aromatic carbocycles. The van der Waals surface area contributed by atoms with E-state index in [9.17, 15) is 9.59 Å². The van der Waals surface area contributed by atoms with Crippen molar-refractivity contribution in [1.29, 1.82) is 0 Å². The van der Waals surface area contributed by atoms with E-state index in [1.165, 1.54) is 7.11 Å². The summed E-state index contributed by atoms with van der Waals surface area (Å²) < 4.78 is 15.0. The predicted molar refractivity (Wildman–Crippen MR) is 114 cm³/mol. The molecule has 0 amide bonds. The van der Waals surface area contributed by atoms with E-state index in [4.69, 9.17) is 20.9 Å². The molecule has 0 spiro atoms. The molecule has 0 aliphatic rings. The smallest absolute Gasteiger partial charge is 0.315 e. The van der Waals surface area contributed by atoms with E-state index >= 15 is 0 Å². The Balaban J connectivity index is 1.76. The Bertz CT molecular complexity index is 1020. The highest BCUT2D eigenvalue weighted by Gasteiger charge is 2.23. The zero-order valence-electron chi connectivity index (χ0n) is 17.3. The molecule has 0 saturated carbocycles. The number of nitrogens with zero attached hydrogens (tertiary/aromatic N) is 2. The van der Waals surface area contributed by atoms with Crippen molar-refractivity contribution < 1.29 is 23.6 Å². The van der Waals surface area contributed by atoms with Crippen molar-refractivity contribution in [2.75, 3.05) is 14.2 Å². The van der Waals surface area contributed by atoms with Crippen LogP contribution >= 0.6 is 11.6 Å². The van der Waals surface area contributed by atoms with Crippen LogP contribution in [-0.4, -0.2) is 36.1 Å². The minimum atomic E-state index is -0.472. The first-order valence-electron chi connectivity index (χ1n) is 9.75. The number of carbonyl (C=O) groups excluding carboxylic acids is 2. The lowest BCUT2D eigenvalue weighted by molar-refractivity contribution is -0.140. The third-order valence-electron chi connectivity index (χ3n) is 4.80. The van der Waals surface area contributed by atoms with Crippen molar-refractivity contribution in [3.63, 3.8) is 0 Å². The van der Waals surface area contributed by atoms with Gasteiger partial charge in [0.1, 0.15) is 18.0 Å². The third kappa shape index (κ3) is 6.65. The van der Waals surface area contributed by atoms with Crippen LogP contribution in [0.2, 0.25) is 5.02 Å². The average molecular weight is 443 g/mol. The molecule has 0 N–H and O–H groups in total. The van der Waals surface area contributed by atoms with Crippen LogP contribution in [0, 0.1) is 0 Å². The number of halogens is 1. The number of ketones is 1. The fourth-order valence-corrected chi connectivity index (χ4v) is 3.31. The lowest BCUT2D eigenvalue weighted by atomic mass is 9.91. The normalized spacial score (nSPS) is 11.7. The number of rotatable bonds is 10. The summed E-state index contributed by atoms with van der Waals surface area (Å²) in [6.45, 7) is 0. The van der Waals surface area contributed by atoms with Crippen LogP contribution in [0.4, 0.5) is 0 Å². The molecule has 8 heteroatoms. The van der Waals surface area contributed by atoms with Crippen molar-refractivity contribution in [2.24, 2.45) is 0 Å². The molecule has 0 fully saturated rings. The van der Waals surface area contributed by atoms with E-state index in [-0.39, 0.29) is 36.9 Å². The van der Waals surface area contributed by atoms with Crippen LogP contribution in [0.3, 0.4) is 0 Å². The van der Waals surface area contributed by atoms with Gasteiger partial charge in [0.25, 0.3) is 0 Å². The van der Waals surface area contributed by atoms with Crippen molar-refractivity contribution in [3.05, 3.63) is 76.4 Å². The zero-order valence-corrected chi connectivity index (χ0v) is 18.1. The van der Waals surface area contributed by atoms with Crippen molar-refractivity contribution in [3.8, 4) is 5.75 Å². The fourth-order valence-electron chi connectivity index (χ4n) is 3.18. The minimum Gasteiger partial charge on any atom is -0.497 e. The molecule has 3 aromatic rings. The molecule has 0 radical (unpaired) electrons. The van der Waals surface area contributed by atoms with Gasteiger partial charge >= 0.3 is 5.97 Å². The summed E-state index contributed by atoms with van der Waals surface area (Å²) in [6.07, 6.45) is 0.931. The second kappa shape index (κ2) is 10.7. The lowest BCUT2D eigenvalue weighted by Gasteiger charge is -2.13. The quantitative estimate of drug-likeness (QED) is 0.438. The molecule has 162 valence electrons. The van der Waals surface area contributed by atoms with Crippen LogP contribution in [0.15, 0.2) is 53.1 Å².